The summed E-state index contributed by atoms with van der Waals surface area (Å²) in [6.45, 7) is 7.27. The number of hydrogen-bond acceptors (Lipinski definition) is 4. The Morgan fingerprint density at radius 3 is 2.48 bits per heavy atom. The van der Waals surface area contributed by atoms with Crippen molar-refractivity contribution >= 4 is 20.3 Å². The maximum atomic E-state index is 13.1. The summed E-state index contributed by atoms with van der Waals surface area (Å²) in [4.78, 5) is 27.5. The van der Waals surface area contributed by atoms with E-state index in [9.17, 15) is 9.59 Å². The van der Waals surface area contributed by atoms with Crippen LogP contribution in [0, 0.1) is 0 Å². The van der Waals surface area contributed by atoms with E-state index < -0.39 is 20.5 Å². The minimum atomic E-state index is -1.87. The number of piperidine rings is 1. The molecule has 2 aliphatic heterocycles. The van der Waals surface area contributed by atoms with Gasteiger partial charge in [0, 0.05) is 6.54 Å². The van der Waals surface area contributed by atoms with Crippen molar-refractivity contribution < 1.29 is 18.8 Å². The van der Waals surface area contributed by atoms with Crippen LogP contribution in [-0.2, 0) is 20.6 Å². The zero-order chi connectivity index (χ0) is 20.9. The Balaban J connectivity index is 1.79. The van der Waals surface area contributed by atoms with Crippen molar-refractivity contribution in [3.8, 4) is 0 Å². The first-order valence-electron chi connectivity index (χ1n) is 11.0. The van der Waals surface area contributed by atoms with Gasteiger partial charge in [-0.25, -0.2) is 4.79 Å². The van der Waals surface area contributed by atoms with E-state index in [1.54, 1.807) is 4.90 Å². The monoisotopic (exact) mass is 418 g/mol. The van der Waals surface area contributed by atoms with Gasteiger partial charge in [0.1, 0.15) is 12.6 Å². The van der Waals surface area contributed by atoms with E-state index in [2.05, 4.69) is 26.1 Å². The fraction of sp³-hybridized carbons (Fsp3) is 0.636. The molecule has 1 aromatic carbocycles. The van der Waals surface area contributed by atoms with Crippen LogP contribution in [0.25, 0.3) is 0 Å². The highest BCUT2D eigenvalue weighted by Gasteiger charge is 2.47. The Labute approximate surface area is 175 Å². The summed E-state index contributed by atoms with van der Waals surface area (Å²) in [5, 5.41) is 3.03. The third-order valence-electron chi connectivity index (χ3n) is 6.63. The third-order valence-corrected chi connectivity index (χ3v) is 11.3. The van der Waals surface area contributed by atoms with E-state index in [-0.39, 0.29) is 24.7 Å². The van der Waals surface area contributed by atoms with E-state index in [1.807, 2.05) is 30.3 Å². The second-order valence-corrected chi connectivity index (χ2v) is 12.8. The zero-order valence-corrected chi connectivity index (χ0v) is 18.9. The van der Waals surface area contributed by atoms with Crippen molar-refractivity contribution in [2.45, 2.75) is 83.0 Å². The number of ether oxygens (including phenoxy) is 1. The van der Waals surface area contributed by atoms with Crippen LogP contribution in [0.5, 0.6) is 0 Å². The number of benzene rings is 1. The van der Waals surface area contributed by atoms with Crippen molar-refractivity contribution in [2.24, 2.45) is 0 Å². The van der Waals surface area contributed by atoms with Gasteiger partial charge >= 0.3 is 6.09 Å². The van der Waals surface area contributed by atoms with Crippen LogP contribution in [0.2, 0.25) is 18.1 Å². The molecular formula is C22H34N2O4Si. The normalized spacial score (nSPS) is 24.6. The van der Waals surface area contributed by atoms with E-state index in [0.29, 0.717) is 13.0 Å². The summed E-state index contributed by atoms with van der Waals surface area (Å²) in [7, 11) is -1.87. The van der Waals surface area contributed by atoms with Crippen molar-refractivity contribution in [1.82, 2.24) is 10.2 Å². The molecule has 0 spiro atoms. The molecule has 160 valence electrons. The van der Waals surface area contributed by atoms with Crippen LogP contribution in [-0.4, -0.2) is 50.0 Å². The highest BCUT2D eigenvalue weighted by atomic mass is 28.4. The first-order valence-corrected chi connectivity index (χ1v) is 13.5. The van der Waals surface area contributed by atoms with Gasteiger partial charge in [-0.15, -0.1) is 0 Å². The summed E-state index contributed by atoms with van der Waals surface area (Å²) in [5.74, 6) is -0.0887. The number of carbonyl (C=O) groups excluding carboxylic acids is 2. The predicted molar refractivity (Wildman–Crippen MR) is 115 cm³/mol. The lowest BCUT2D eigenvalue weighted by atomic mass is 9.93. The van der Waals surface area contributed by atoms with Gasteiger partial charge in [0.2, 0.25) is 5.91 Å². The Bertz CT molecular complexity index is 687. The van der Waals surface area contributed by atoms with Crippen LogP contribution >= 0.6 is 0 Å². The quantitative estimate of drug-likeness (QED) is 0.678. The van der Waals surface area contributed by atoms with Gasteiger partial charge < -0.3 is 14.5 Å². The van der Waals surface area contributed by atoms with Crippen molar-refractivity contribution in [3.05, 3.63) is 35.9 Å². The largest absolute Gasteiger partial charge is 0.445 e. The van der Waals surface area contributed by atoms with Gasteiger partial charge in [-0.05, 0) is 43.0 Å². The molecule has 2 fully saturated rings. The molecule has 0 unspecified atom stereocenters. The third kappa shape index (κ3) is 4.83. The summed E-state index contributed by atoms with van der Waals surface area (Å²) < 4.78 is 12.4. The molecule has 0 aromatic heterocycles. The second-order valence-electron chi connectivity index (χ2n) is 8.11. The molecule has 0 saturated carbocycles. The lowest BCUT2D eigenvalue weighted by Crippen LogP contribution is -2.57. The average molecular weight is 419 g/mol. The minimum absolute atomic E-state index is 0.0887. The lowest BCUT2D eigenvalue weighted by Gasteiger charge is -2.43. The average Bonchev–Trinajstić information content (AvgIpc) is 2.84. The standard InChI is InChI=1S/C22H34N2O4Si/c1-4-29(5-2,6-3)28-20-15-23-21(25)19-14-10-13-18(20)24(19)22(26)27-16-17-11-8-7-9-12-17/h7-9,11-12,18-20H,4-6,10,13-16H2,1-3H3,(H,23,25)/t18-,19+,20+/m1/s1. The Morgan fingerprint density at radius 2 is 1.83 bits per heavy atom. The predicted octanol–water partition coefficient (Wildman–Crippen LogP) is 4.07. The highest BCUT2D eigenvalue weighted by Crippen LogP contribution is 2.33. The van der Waals surface area contributed by atoms with E-state index in [4.69, 9.17) is 9.16 Å². The number of nitrogens with one attached hydrogen (secondary N) is 1. The molecular weight excluding hydrogens is 384 g/mol. The van der Waals surface area contributed by atoms with Crippen LogP contribution in [0.15, 0.2) is 30.3 Å². The summed E-state index contributed by atoms with van der Waals surface area (Å²) >= 11 is 0. The van der Waals surface area contributed by atoms with Crippen molar-refractivity contribution in [1.29, 1.82) is 0 Å². The van der Waals surface area contributed by atoms with Crippen molar-refractivity contribution in [3.63, 3.8) is 0 Å². The first-order chi connectivity index (χ1) is 14.0. The minimum Gasteiger partial charge on any atom is -0.445 e. The van der Waals surface area contributed by atoms with Gasteiger partial charge in [0.25, 0.3) is 0 Å². The summed E-state index contributed by atoms with van der Waals surface area (Å²) in [6.07, 6.45) is 1.86. The molecule has 2 bridgehead atoms. The Morgan fingerprint density at radius 1 is 1.14 bits per heavy atom. The molecule has 7 heteroatoms. The number of amides is 2. The van der Waals surface area contributed by atoms with E-state index in [1.165, 1.54) is 0 Å². The van der Waals surface area contributed by atoms with Crippen molar-refractivity contribution in [2.75, 3.05) is 6.54 Å². The molecule has 0 aliphatic carbocycles. The molecule has 1 aromatic rings. The topological polar surface area (TPSA) is 67.9 Å². The zero-order valence-electron chi connectivity index (χ0n) is 17.9. The highest BCUT2D eigenvalue weighted by molar-refractivity contribution is 6.73. The van der Waals surface area contributed by atoms with Gasteiger partial charge in [0.05, 0.1) is 12.1 Å². The summed E-state index contributed by atoms with van der Waals surface area (Å²) in [6, 6.07) is 12.2. The van der Waals surface area contributed by atoms with Gasteiger partial charge in [-0.2, -0.15) is 0 Å². The Kier molecular flexibility index (Phi) is 7.35. The smallest absolute Gasteiger partial charge is 0.411 e. The SMILES string of the molecule is CC[Si](CC)(CC)O[C@H]1CNC(=O)[C@@H]2CCC[C@H]1N2C(=O)OCc1ccccc1. The number of hydrogen-bond donors (Lipinski definition) is 1. The molecule has 3 atom stereocenters. The lowest BCUT2D eigenvalue weighted by molar-refractivity contribution is -0.126. The van der Waals surface area contributed by atoms with Crippen LogP contribution in [0.4, 0.5) is 4.79 Å². The number of carbonyl (C=O) groups is 2. The Hall–Kier alpha value is -1.86. The molecule has 6 nitrogen and oxygen atoms in total. The fourth-order valence-corrected chi connectivity index (χ4v) is 7.49. The summed E-state index contributed by atoms with van der Waals surface area (Å²) in [5.41, 5.74) is 0.937. The number of rotatable bonds is 7. The maximum Gasteiger partial charge on any atom is 0.411 e. The van der Waals surface area contributed by atoms with Gasteiger partial charge in [-0.3, -0.25) is 9.69 Å². The van der Waals surface area contributed by atoms with Crippen LogP contribution in [0.1, 0.15) is 45.6 Å². The molecule has 2 amide bonds. The van der Waals surface area contributed by atoms with Gasteiger partial charge in [0.15, 0.2) is 8.32 Å². The van der Waals surface area contributed by atoms with E-state index >= 15 is 0 Å². The van der Waals surface area contributed by atoms with Crippen LogP contribution < -0.4 is 5.32 Å². The molecule has 2 saturated heterocycles. The second kappa shape index (κ2) is 9.76. The number of fused-ring (bicyclic) bond motifs is 2. The molecule has 1 N–H and O–H groups in total. The first kappa shape index (κ1) is 21.8. The molecule has 29 heavy (non-hydrogen) atoms. The van der Waals surface area contributed by atoms with Crippen LogP contribution in [0.3, 0.4) is 0 Å². The molecule has 0 radical (unpaired) electrons. The molecule has 2 aliphatic rings. The fourth-order valence-electron chi connectivity index (χ4n) is 4.60. The molecule has 2 heterocycles. The number of nitrogens with zero attached hydrogens (tertiary/aromatic N) is 1. The van der Waals surface area contributed by atoms with E-state index in [0.717, 1.165) is 36.5 Å². The molecule has 3 rings (SSSR count). The van der Waals surface area contributed by atoms with Gasteiger partial charge in [-0.1, -0.05) is 51.1 Å². The maximum absolute atomic E-state index is 13.1.